The molecule has 2 saturated heterocycles. The molecule has 1 atom stereocenters. The van der Waals surface area contributed by atoms with Crippen LogP contribution in [0.5, 0.6) is 0 Å². The zero-order valence-corrected chi connectivity index (χ0v) is 16.3. The number of hydrogen-bond donors (Lipinski definition) is 1. The van der Waals surface area contributed by atoms with Gasteiger partial charge in [-0.25, -0.2) is 4.68 Å². The van der Waals surface area contributed by atoms with Crippen LogP contribution in [0.4, 0.5) is 5.95 Å². The summed E-state index contributed by atoms with van der Waals surface area (Å²) in [6, 6.07) is 10.7. The van der Waals surface area contributed by atoms with Gasteiger partial charge in [-0.05, 0) is 61.2 Å². The van der Waals surface area contributed by atoms with Crippen molar-refractivity contribution in [3.05, 3.63) is 35.9 Å². The molecule has 2 aliphatic heterocycles. The normalized spacial score (nSPS) is 22.8. The Kier molecular flexibility index (Phi) is 5.57. The molecule has 0 saturated carbocycles. The van der Waals surface area contributed by atoms with Crippen LogP contribution in [-0.4, -0.2) is 68.6 Å². The van der Waals surface area contributed by atoms with Gasteiger partial charge in [-0.1, -0.05) is 35.4 Å². The maximum atomic E-state index is 12.6. The molecule has 0 aliphatic carbocycles. The molecule has 1 unspecified atom stereocenters. The fourth-order valence-electron chi connectivity index (χ4n) is 4.69. The largest absolute Gasteiger partial charge is 0.367 e. The molecule has 150 valence electrons. The van der Waals surface area contributed by atoms with Crippen molar-refractivity contribution in [3.63, 3.8) is 0 Å². The number of piperidine rings is 1. The smallest absolute Gasteiger partial charge is 0.244 e. The Morgan fingerprint density at radius 3 is 2.79 bits per heavy atom. The van der Waals surface area contributed by atoms with E-state index < -0.39 is 0 Å². The summed E-state index contributed by atoms with van der Waals surface area (Å²) in [7, 11) is 0. The van der Waals surface area contributed by atoms with Gasteiger partial charge in [-0.2, -0.15) is 0 Å². The Bertz CT molecular complexity index is 793. The molecule has 2 N–H and O–H groups in total. The van der Waals surface area contributed by atoms with E-state index in [1.807, 2.05) is 4.90 Å². The molecule has 0 radical (unpaired) electrons. The van der Waals surface area contributed by atoms with Crippen LogP contribution in [-0.2, 0) is 17.8 Å². The monoisotopic (exact) mass is 383 g/mol. The van der Waals surface area contributed by atoms with Crippen molar-refractivity contribution in [2.24, 2.45) is 5.41 Å². The number of nitrogens with two attached hydrogens (primary N) is 1. The van der Waals surface area contributed by atoms with Gasteiger partial charge in [0.25, 0.3) is 0 Å². The van der Waals surface area contributed by atoms with Crippen LogP contribution < -0.4 is 5.73 Å². The van der Waals surface area contributed by atoms with Crippen LogP contribution in [0.3, 0.4) is 0 Å². The number of likely N-dealkylation sites (tertiary alicyclic amines) is 2. The highest BCUT2D eigenvalue weighted by molar-refractivity contribution is 5.76. The minimum Gasteiger partial charge on any atom is -0.367 e. The van der Waals surface area contributed by atoms with E-state index in [0.717, 1.165) is 39.0 Å². The van der Waals surface area contributed by atoms with Crippen molar-refractivity contribution in [2.45, 2.75) is 38.6 Å². The van der Waals surface area contributed by atoms with E-state index in [4.69, 9.17) is 5.73 Å². The number of hydrogen-bond acceptors (Lipinski definition) is 6. The topological polar surface area (TPSA) is 93.2 Å². The van der Waals surface area contributed by atoms with Gasteiger partial charge < -0.3 is 15.5 Å². The number of tetrazole rings is 1. The molecule has 2 aliphatic rings. The Balaban J connectivity index is 1.27. The molecule has 2 aromatic rings. The Labute approximate surface area is 165 Å². The minimum atomic E-state index is 0.0528. The lowest BCUT2D eigenvalue weighted by Gasteiger charge is -2.40. The summed E-state index contributed by atoms with van der Waals surface area (Å²) in [5.41, 5.74) is 7.33. The second-order valence-corrected chi connectivity index (χ2v) is 8.23. The summed E-state index contributed by atoms with van der Waals surface area (Å²) >= 11 is 0. The Morgan fingerprint density at radius 2 is 2.00 bits per heavy atom. The molecule has 3 heterocycles. The SMILES string of the molecule is Nc1nnnn1CC(=O)N1CCC2(CCCN(CCCc3ccccc3)C2)C1. The number of nitrogens with zero attached hydrogens (tertiary/aromatic N) is 6. The van der Waals surface area contributed by atoms with Gasteiger partial charge in [0.15, 0.2) is 0 Å². The summed E-state index contributed by atoms with van der Waals surface area (Å²) < 4.78 is 1.37. The van der Waals surface area contributed by atoms with Crippen LogP contribution >= 0.6 is 0 Å². The van der Waals surface area contributed by atoms with Gasteiger partial charge in [0.2, 0.25) is 11.9 Å². The van der Waals surface area contributed by atoms with Crippen molar-refractivity contribution < 1.29 is 4.79 Å². The van der Waals surface area contributed by atoms with Gasteiger partial charge in [0.1, 0.15) is 6.54 Å². The van der Waals surface area contributed by atoms with E-state index in [1.165, 1.54) is 36.1 Å². The first-order valence-electron chi connectivity index (χ1n) is 10.2. The molecule has 8 nitrogen and oxygen atoms in total. The third-order valence-corrected chi connectivity index (χ3v) is 6.16. The second-order valence-electron chi connectivity index (χ2n) is 8.23. The van der Waals surface area contributed by atoms with Crippen LogP contribution in [0, 0.1) is 5.41 Å². The third kappa shape index (κ3) is 4.32. The number of rotatable bonds is 6. The fraction of sp³-hybridized carbons (Fsp3) is 0.600. The lowest BCUT2D eigenvalue weighted by atomic mass is 9.79. The molecule has 0 bridgehead atoms. The number of benzene rings is 1. The molecule has 8 heteroatoms. The zero-order valence-electron chi connectivity index (χ0n) is 16.3. The summed E-state index contributed by atoms with van der Waals surface area (Å²) in [6.07, 6.45) is 5.81. The van der Waals surface area contributed by atoms with E-state index in [-0.39, 0.29) is 23.8 Å². The summed E-state index contributed by atoms with van der Waals surface area (Å²) in [5.74, 6) is 0.238. The summed E-state index contributed by atoms with van der Waals surface area (Å²) in [5, 5.41) is 10.9. The number of aromatic nitrogens is 4. The molecule has 1 amide bonds. The predicted octanol–water partition coefficient (Wildman–Crippen LogP) is 1.20. The van der Waals surface area contributed by atoms with Gasteiger partial charge in [-0.15, -0.1) is 0 Å². The first-order valence-corrected chi connectivity index (χ1v) is 10.2. The number of anilines is 1. The standard InChI is InChI=1S/C20H29N7O/c21-19-22-23-24-27(19)14-18(28)26-13-10-20(16-26)9-5-12-25(15-20)11-4-8-17-6-2-1-3-7-17/h1-3,6-7H,4-5,8-16H2,(H2,21,22,24). The van der Waals surface area contributed by atoms with Crippen molar-refractivity contribution in [3.8, 4) is 0 Å². The predicted molar refractivity (Wildman–Crippen MR) is 106 cm³/mol. The minimum absolute atomic E-state index is 0.0528. The number of nitrogen functional groups attached to an aromatic ring is 1. The highest BCUT2D eigenvalue weighted by atomic mass is 16.2. The maximum Gasteiger partial charge on any atom is 0.244 e. The molecular formula is C20H29N7O. The van der Waals surface area contributed by atoms with Gasteiger partial charge in [0, 0.05) is 25.0 Å². The average Bonchev–Trinajstić information content (AvgIpc) is 3.29. The zero-order chi connectivity index (χ0) is 19.4. The first kappa shape index (κ1) is 18.9. The van der Waals surface area contributed by atoms with Crippen molar-refractivity contribution in [1.29, 1.82) is 0 Å². The molecule has 1 aromatic carbocycles. The van der Waals surface area contributed by atoms with E-state index in [9.17, 15) is 4.79 Å². The van der Waals surface area contributed by atoms with Crippen LogP contribution in [0.15, 0.2) is 30.3 Å². The molecular weight excluding hydrogens is 354 g/mol. The van der Waals surface area contributed by atoms with Gasteiger partial charge in [0.05, 0.1) is 0 Å². The molecule has 28 heavy (non-hydrogen) atoms. The van der Waals surface area contributed by atoms with Crippen molar-refractivity contribution in [1.82, 2.24) is 30.0 Å². The van der Waals surface area contributed by atoms with Crippen LogP contribution in [0.25, 0.3) is 0 Å². The third-order valence-electron chi connectivity index (χ3n) is 6.16. The van der Waals surface area contributed by atoms with Crippen molar-refractivity contribution in [2.75, 3.05) is 38.5 Å². The van der Waals surface area contributed by atoms with Crippen molar-refractivity contribution >= 4 is 11.9 Å². The van der Waals surface area contributed by atoms with E-state index in [0.29, 0.717) is 0 Å². The summed E-state index contributed by atoms with van der Waals surface area (Å²) in [6.45, 7) is 5.17. The van der Waals surface area contributed by atoms with Crippen LogP contribution in [0.2, 0.25) is 0 Å². The van der Waals surface area contributed by atoms with Crippen LogP contribution in [0.1, 0.15) is 31.2 Å². The highest BCUT2D eigenvalue weighted by Gasteiger charge is 2.42. The fourth-order valence-corrected chi connectivity index (χ4v) is 4.69. The average molecular weight is 384 g/mol. The van der Waals surface area contributed by atoms with E-state index in [2.05, 4.69) is 50.8 Å². The number of aryl methyl sites for hydroxylation is 1. The number of amides is 1. The molecule has 2 fully saturated rings. The molecule has 1 spiro atoms. The Hall–Kier alpha value is -2.48. The quantitative estimate of drug-likeness (QED) is 0.806. The van der Waals surface area contributed by atoms with E-state index in [1.54, 1.807) is 0 Å². The second kappa shape index (κ2) is 8.26. The molecule has 4 rings (SSSR count). The maximum absolute atomic E-state index is 12.6. The van der Waals surface area contributed by atoms with E-state index >= 15 is 0 Å². The highest BCUT2D eigenvalue weighted by Crippen LogP contribution is 2.39. The lowest BCUT2D eigenvalue weighted by molar-refractivity contribution is -0.131. The summed E-state index contributed by atoms with van der Waals surface area (Å²) in [4.78, 5) is 17.2. The van der Waals surface area contributed by atoms with Gasteiger partial charge in [-0.3, -0.25) is 4.79 Å². The van der Waals surface area contributed by atoms with Gasteiger partial charge >= 0.3 is 0 Å². The number of carbonyl (C=O) groups is 1. The lowest BCUT2D eigenvalue weighted by Crippen LogP contribution is -2.46. The first-order chi connectivity index (χ1) is 13.6. The molecule has 1 aromatic heterocycles. The Morgan fingerprint density at radius 1 is 1.14 bits per heavy atom. The number of carbonyl (C=O) groups excluding carboxylic acids is 1.